The van der Waals surface area contributed by atoms with Gasteiger partial charge in [0, 0.05) is 32.2 Å². The Kier molecular flexibility index (Phi) is 5.37. The van der Waals surface area contributed by atoms with Gasteiger partial charge < -0.3 is 20.4 Å². The maximum absolute atomic E-state index is 12.2. The van der Waals surface area contributed by atoms with Gasteiger partial charge >= 0.3 is 11.8 Å². The molecule has 2 aliphatic heterocycles. The van der Waals surface area contributed by atoms with Crippen molar-refractivity contribution in [3.05, 3.63) is 0 Å². The molecule has 2 N–H and O–H groups in total. The summed E-state index contributed by atoms with van der Waals surface area (Å²) in [6, 6.07) is 0.118. The molecule has 0 aromatic carbocycles. The van der Waals surface area contributed by atoms with Crippen LogP contribution in [-0.2, 0) is 9.59 Å². The third-order valence-corrected chi connectivity index (χ3v) is 4.25. The Morgan fingerprint density at radius 2 is 2.00 bits per heavy atom. The molecule has 0 radical (unpaired) electrons. The molecule has 6 nitrogen and oxygen atoms in total. The van der Waals surface area contributed by atoms with Crippen LogP contribution in [0.3, 0.4) is 0 Å². The number of nitrogens with zero attached hydrogens (tertiary/aromatic N) is 2. The minimum absolute atomic E-state index is 0.118. The summed E-state index contributed by atoms with van der Waals surface area (Å²) < 4.78 is 0. The smallest absolute Gasteiger partial charge is 0.311 e. The molecule has 2 rings (SSSR count). The van der Waals surface area contributed by atoms with Gasteiger partial charge in [0.25, 0.3) is 0 Å². The Morgan fingerprint density at radius 1 is 1.20 bits per heavy atom. The number of carbonyl (C=O) groups excluding carboxylic acids is 2. The second-order valence-electron chi connectivity index (χ2n) is 6.00. The second-order valence-corrected chi connectivity index (χ2v) is 6.00. The number of rotatable bonds is 1. The van der Waals surface area contributed by atoms with Crippen molar-refractivity contribution in [2.75, 3.05) is 46.3 Å². The fraction of sp³-hybridized carbons (Fsp3) is 0.857. The molecule has 6 heteroatoms. The zero-order chi connectivity index (χ0) is 14.5. The zero-order valence-electron chi connectivity index (χ0n) is 12.5. The van der Waals surface area contributed by atoms with Crippen molar-refractivity contribution in [1.29, 1.82) is 0 Å². The molecule has 0 aromatic rings. The van der Waals surface area contributed by atoms with Crippen molar-refractivity contribution >= 4 is 11.8 Å². The van der Waals surface area contributed by atoms with Crippen molar-refractivity contribution in [1.82, 2.24) is 20.4 Å². The lowest BCUT2D eigenvalue weighted by Crippen LogP contribution is -2.53. The van der Waals surface area contributed by atoms with Crippen molar-refractivity contribution < 1.29 is 9.59 Å². The van der Waals surface area contributed by atoms with Crippen LogP contribution in [0.5, 0.6) is 0 Å². The summed E-state index contributed by atoms with van der Waals surface area (Å²) in [7, 11) is 2.09. The largest absolute Gasteiger partial charge is 0.345 e. The first kappa shape index (κ1) is 15.3. The molecule has 0 aromatic heterocycles. The van der Waals surface area contributed by atoms with Crippen LogP contribution in [0.15, 0.2) is 0 Å². The third kappa shape index (κ3) is 3.93. The van der Waals surface area contributed by atoms with Crippen molar-refractivity contribution in [3.8, 4) is 0 Å². The lowest BCUT2D eigenvalue weighted by molar-refractivity contribution is -0.146. The fourth-order valence-corrected chi connectivity index (χ4v) is 2.99. The van der Waals surface area contributed by atoms with E-state index in [2.05, 4.69) is 29.5 Å². The van der Waals surface area contributed by atoms with E-state index in [9.17, 15) is 9.59 Å². The van der Waals surface area contributed by atoms with Gasteiger partial charge in [-0.15, -0.1) is 0 Å². The topological polar surface area (TPSA) is 64.7 Å². The van der Waals surface area contributed by atoms with E-state index in [1.807, 2.05) is 0 Å². The summed E-state index contributed by atoms with van der Waals surface area (Å²) in [6.45, 7) is 7.03. The monoisotopic (exact) mass is 282 g/mol. The van der Waals surface area contributed by atoms with Crippen LogP contribution in [0.2, 0.25) is 0 Å². The molecule has 20 heavy (non-hydrogen) atoms. The molecule has 0 spiro atoms. The van der Waals surface area contributed by atoms with Crippen molar-refractivity contribution in [2.45, 2.75) is 25.8 Å². The Bertz CT molecular complexity index is 353. The number of hydrogen-bond acceptors (Lipinski definition) is 4. The highest BCUT2D eigenvalue weighted by Crippen LogP contribution is 2.15. The summed E-state index contributed by atoms with van der Waals surface area (Å²) in [5.41, 5.74) is 0. The summed E-state index contributed by atoms with van der Waals surface area (Å²) in [5, 5.41) is 6.16. The summed E-state index contributed by atoms with van der Waals surface area (Å²) in [4.78, 5) is 28.2. The molecule has 2 heterocycles. The van der Waals surface area contributed by atoms with E-state index >= 15 is 0 Å². The van der Waals surface area contributed by atoms with Gasteiger partial charge in [0.2, 0.25) is 0 Å². The lowest BCUT2D eigenvalue weighted by atomic mass is 9.94. The summed E-state index contributed by atoms with van der Waals surface area (Å²) in [6.07, 6.45) is 1.82. The maximum Gasteiger partial charge on any atom is 0.311 e. The number of likely N-dealkylation sites (tertiary alicyclic amines) is 1. The quantitative estimate of drug-likeness (QED) is 0.622. The number of piperidine rings is 1. The molecule has 2 saturated heterocycles. The first-order valence-electron chi connectivity index (χ1n) is 7.57. The van der Waals surface area contributed by atoms with E-state index in [0.29, 0.717) is 19.0 Å². The highest BCUT2D eigenvalue weighted by molar-refractivity contribution is 6.35. The molecular weight excluding hydrogens is 256 g/mol. The number of amides is 2. The molecule has 2 atom stereocenters. The highest BCUT2D eigenvalue weighted by Gasteiger charge is 2.29. The fourth-order valence-electron chi connectivity index (χ4n) is 2.99. The highest BCUT2D eigenvalue weighted by atomic mass is 16.2. The normalized spacial score (nSPS) is 28.8. The molecule has 0 bridgehead atoms. The average molecular weight is 282 g/mol. The van der Waals surface area contributed by atoms with Gasteiger partial charge in [-0.1, -0.05) is 6.92 Å². The number of carbonyl (C=O) groups is 2. The zero-order valence-corrected chi connectivity index (χ0v) is 12.5. The predicted molar refractivity (Wildman–Crippen MR) is 77.3 cm³/mol. The van der Waals surface area contributed by atoms with Gasteiger partial charge in [0.1, 0.15) is 0 Å². The van der Waals surface area contributed by atoms with E-state index in [1.165, 1.54) is 0 Å². The molecule has 2 amide bonds. The van der Waals surface area contributed by atoms with Crippen LogP contribution in [-0.4, -0.2) is 74.0 Å². The average Bonchev–Trinajstić information content (AvgIpc) is 2.70. The van der Waals surface area contributed by atoms with Crippen LogP contribution < -0.4 is 10.6 Å². The molecular formula is C14H26N4O2. The van der Waals surface area contributed by atoms with E-state index in [-0.39, 0.29) is 11.9 Å². The van der Waals surface area contributed by atoms with Gasteiger partial charge in [-0.25, -0.2) is 0 Å². The molecule has 0 saturated carbocycles. The van der Waals surface area contributed by atoms with Crippen LogP contribution in [0.1, 0.15) is 19.8 Å². The Labute approximate surface area is 120 Å². The standard InChI is InChI=1S/C14H26N4O2/c1-11-10-17(2)8-4-12(11)16-13(19)14(20)18-7-3-5-15-6-9-18/h11-12,15H,3-10H2,1-2H3,(H,16,19). The van der Waals surface area contributed by atoms with E-state index < -0.39 is 5.91 Å². The second kappa shape index (κ2) is 7.04. The molecule has 2 fully saturated rings. The van der Waals surface area contributed by atoms with Crippen LogP contribution in [0, 0.1) is 5.92 Å². The lowest BCUT2D eigenvalue weighted by Gasteiger charge is -2.35. The summed E-state index contributed by atoms with van der Waals surface area (Å²) in [5.74, 6) is -0.426. The van der Waals surface area contributed by atoms with Crippen LogP contribution in [0.4, 0.5) is 0 Å². The molecule has 2 aliphatic rings. The van der Waals surface area contributed by atoms with Gasteiger partial charge in [-0.2, -0.15) is 0 Å². The summed E-state index contributed by atoms with van der Waals surface area (Å²) >= 11 is 0. The van der Waals surface area contributed by atoms with Gasteiger partial charge in [-0.3, -0.25) is 9.59 Å². The minimum atomic E-state index is -0.437. The van der Waals surface area contributed by atoms with Gasteiger partial charge in [0.05, 0.1) is 0 Å². The Balaban J connectivity index is 1.85. The van der Waals surface area contributed by atoms with Gasteiger partial charge in [0.15, 0.2) is 0 Å². The predicted octanol–water partition coefficient (Wildman–Crippen LogP) is -0.735. The molecule has 2 unspecified atom stereocenters. The Morgan fingerprint density at radius 3 is 2.75 bits per heavy atom. The van der Waals surface area contributed by atoms with Crippen LogP contribution >= 0.6 is 0 Å². The third-order valence-electron chi connectivity index (χ3n) is 4.25. The van der Waals surface area contributed by atoms with E-state index in [1.54, 1.807) is 4.90 Å². The first-order chi connectivity index (χ1) is 9.58. The minimum Gasteiger partial charge on any atom is -0.345 e. The maximum atomic E-state index is 12.2. The van der Waals surface area contributed by atoms with Crippen LogP contribution in [0.25, 0.3) is 0 Å². The SMILES string of the molecule is CC1CN(C)CCC1NC(=O)C(=O)N1CCCNCC1. The number of hydrogen-bond donors (Lipinski definition) is 2. The van der Waals surface area contributed by atoms with Crippen molar-refractivity contribution in [3.63, 3.8) is 0 Å². The Hall–Kier alpha value is -1.14. The van der Waals surface area contributed by atoms with Gasteiger partial charge in [-0.05, 0) is 38.9 Å². The first-order valence-corrected chi connectivity index (χ1v) is 7.57. The van der Waals surface area contributed by atoms with E-state index in [0.717, 1.165) is 39.0 Å². The molecule has 114 valence electrons. The van der Waals surface area contributed by atoms with E-state index in [4.69, 9.17) is 0 Å². The number of nitrogens with one attached hydrogen (secondary N) is 2. The van der Waals surface area contributed by atoms with Crippen molar-refractivity contribution in [2.24, 2.45) is 5.92 Å². The molecule has 0 aliphatic carbocycles.